The zero-order valence-electron chi connectivity index (χ0n) is 16.5. The van der Waals surface area contributed by atoms with Crippen LogP contribution in [0.15, 0.2) is 0 Å². The van der Waals surface area contributed by atoms with E-state index in [0.29, 0.717) is 25.0 Å². The van der Waals surface area contributed by atoms with Crippen molar-refractivity contribution in [3.05, 3.63) is 0 Å². The molecule has 1 rings (SSSR count). The molecule has 0 spiro atoms. The van der Waals surface area contributed by atoms with Gasteiger partial charge in [-0.25, -0.2) is 4.79 Å². The van der Waals surface area contributed by atoms with Gasteiger partial charge in [-0.3, -0.25) is 14.4 Å². The van der Waals surface area contributed by atoms with Gasteiger partial charge < -0.3 is 31.5 Å². The molecule has 0 saturated carbocycles. The summed E-state index contributed by atoms with van der Waals surface area (Å²) in [6.45, 7) is 1.55. The smallest absolute Gasteiger partial charge is 0.326 e. The lowest BCUT2D eigenvalue weighted by molar-refractivity contribution is -0.150. The summed E-state index contributed by atoms with van der Waals surface area (Å²) in [6, 6.07) is -4.18. The third kappa shape index (κ3) is 7.36. The first-order valence-electron chi connectivity index (χ1n) is 9.31. The van der Waals surface area contributed by atoms with Crippen LogP contribution in [-0.4, -0.2) is 93.4 Å². The summed E-state index contributed by atoms with van der Waals surface area (Å²) >= 11 is 5.61. The average molecular weight is 451 g/mol. The van der Waals surface area contributed by atoms with Crippen LogP contribution in [0.25, 0.3) is 0 Å². The molecule has 1 heterocycles. The van der Waals surface area contributed by atoms with Crippen LogP contribution in [0.4, 0.5) is 0 Å². The van der Waals surface area contributed by atoms with Crippen molar-refractivity contribution in [1.82, 2.24) is 15.5 Å². The highest BCUT2D eigenvalue weighted by Gasteiger charge is 2.39. The highest BCUT2D eigenvalue weighted by atomic mass is 32.2. The second kappa shape index (κ2) is 12.3. The summed E-state index contributed by atoms with van der Waals surface area (Å²) < 4.78 is 0. The number of carbonyl (C=O) groups is 4. The van der Waals surface area contributed by atoms with E-state index in [2.05, 4.69) is 23.3 Å². The van der Waals surface area contributed by atoms with Gasteiger partial charge in [0.1, 0.15) is 18.1 Å². The summed E-state index contributed by atoms with van der Waals surface area (Å²) in [6.07, 6.45) is 1.89. The van der Waals surface area contributed by atoms with E-state index in [0.717, 1.165) is 4.90 Å². The molecular weight excluding hydrogens is 420 g/mol. The maximum atomic E-state index is 12.8. The molecule has 5 unspecified atom stereocenters. The van der Waals surface area contributed by atoms with Crippen LogP contribution >= 0.6 is 24.4 Å². The second-order valence-corrected chi connectivity index (χ2v) is 8.24. The van der Waals surface area contributed by atoms with Crippen LogP contribution in [-0.2, 0) is 19.2 Å². The minimum Gasteiger partial charge on any atom is -0.480 e. The Morgan fingerprint density at radius 3 is 2.45 bits per heavy atom. The fourth-order valence-electron chi connectivity index (χ4n) is 2.96. The number of likely N-dealkylation sites (tertiary alicyclic amines) is 1. The average Bonchev–Trinajstić information content (AvgIpc) is 3.17. The molecule has 0 aromatic heterocycles. The minimum atomic E-state index is -1.34. The largest absolute Gasteiger partial charge is 0.480 e. The van der Waals surface area contributed by atoms with Crippen molar-refractivity contribution in [3.8, 4) is 0 Å². The molecule has 6 N–H and O–H groups in total. The molecule has 166 valence electrons. The number of aliphatic carboxylic acids is 1. The van der Waals surface area contributed by atoms with Gasteiger partial charge in [0.2, 0.25) is 17.7 Å². The molecule has 1 fully saturated rings. The topological polar surface area (TPSA) is 162 Å². The van der Waals surface area contributed by atoms with E-state index < -0.39 is 54.0 Å². The Kier molecular flexibility index (Phi) is 10.8. The number of carboxylic acids is 1. The van der Waals surface area contributed by atoms with Gasteiger partial charge in [0.05, 0.1) is 12.1 Å². The van der Waals surface area contributed by atoms with Gasteiger partial charge in [0, 0.05) is 12.3 Å². The Balaban J connectivity index is 2.80. The van der Waals surface area contributed by atoms with E-state index in [4.69, 9.17) is 5.73 Å². The fourth-order valence-corrected chi connectivity index (χ4v) is 3.70. The zero-order chi connectivity index (χ0) is 22.1. The molecule has 29 heavy (non-hydrogen) atoms. The number of aliphatic hydroxyl groups excluding tert-OH is 1. The van der Waals surface area contributed by atoms with Crippen LogP contribution in [0.1, 0.15) is 26.2 Å². The van der Waals surface area contributed by atoms with Gasteiger partial charge >= 0.3 is 5.97 Å². The van der Waals surface area contributed by atoms with Crippen molar-refractivity contribution in [2.75, 3.05) is 24.3 Å². The van der Waals surface area contributed by atoms with Crippen molar-refractivity contribution in [1.29, 1.82) is 0 Å². The van der Waals surface area contributed by atoms with E-state index in [-0.39, 0.29) is 12.3 Å². The highest BCUT2D eigenvalue weighted by Crippen LogP contribution is 2.19. The first-order chi connectivity index (χ1) is 13.6. The predicted molar refractivity (Wildman–Crippen MR) is 113 cm³/mol. The SMILES string of the molecule is CSCCC(N)C(=O)NC(CS)C(=O)NC(C(=O)N1CCCC1C(=O)O)C(C)O. The van der Waals surface area contributed by atoms with Crippen LogP contribution in [0.5, 0.6) is 0 Å². The lowest BCUT2D eigenvalue weighted by Gasteiger charge is -2.30. The van der Waals surface area contributed by atoms with Crippen LogP contribution in [0.3, 0.4) is 0 Å². The third-order valence-corrected chi connectivity index (χ3v) is 5.66. The number of carbonyl (C=O) groups excluding carboxylic acids is 3. The van der Waals surface area contributed by atoms with E-state index >= 15 is 0 Å². The maximum absolute atomic E-state index is 12.8. The van der Waals surface area contributed by atoms with Gasteiger partial charge in [0.15, 0.2) is 0 Å². The quantitative estimate of drug-likeness (QED) is 0.206. The molecule has 5 atom stereocenters. The van der Waals surface area contributed by atoms with E-state index in [1.807, 2.05) is 6.26 Å². The van der Waals surface area contributed by atoms with E-state index in [1.165, 1.54) is 6.92 Å². The molecule has 0 radical (unpaired) electrons. The number of nitrogens with one attached hydrogen (secondary N) is 2. The maximum Gasteiger partial charge on any atom is 0.326 e. The Morgan fingerprint density at radius 2 is 1.93 bits per heavy atom. The Hall–Kier alpha value is -1.50. The standard InChI is InChI=1S/C17H30N4O6S2/c1-9(22)13(16(25)21-6-3-4-12(21)17(26)27)20-15(24)11(8-28)19-14(23)10(18)5-7-29-2/h9-13,22,28H,3-8,18H2,1-2H3,(H,19,23)(H,20,24)(H,26,27). The molecule has 0 bridgehead atoms. The second-order valence-electron chi connectivity index (χ2n) is 6.89. The van der Waals surface area contributed by atoms with Crippen molar-refractivity contribution < 1.29 is 29.4 Å². The number of hydrogen-bond acceptors (Lipinski definition) is 8. The molecule has 3 amide bonds. The van der Waals surface area contributed by atoms with Gasteiger partial charge in [0.25, 0.3) is 0 Å². The number of amides is 3. The summed E-state index contributed by atoms with van der Waals surface area (Å²) in [7, 11) is 0. The summed E-state index contributed by atoms with van der Waals surface area (Å²) in [5.41, 5.74) is 5.79. The minimum absolute atomic E-state index is 0.0466. The first-order valence-corrected chi connectivity index (χ1v) is 11.3. The van der Waals surface area contributed by atoms with Gasteiger partial charge in [-0.15, -0.1) is 0 Å². The van der Waals surface area contributed by atoms with Crippen molar-refractivity contribution in [2.24, 2.45) is 5.73 Å². The molecule has 0 aromatic rings. The highest BCUT2D eigenvalue weighted by molar-refractivity contribution is 7.98. The number of rotatable bonds is 11. The molecule has 0 aliphatic carbocycles. The van der Waals surface area contributed by atoms with Crippen LogP contribution in [0.2, 0.25) is 0 Å². The van der Waals surface area contributed by atoms with E-state index in [1.54, 1.807) is 11.8 Å². The Labute approximate surface area is 179 Å². The number of nitrogens with zero attached hydrogens (tertiary/aromatic N) is 1. The summed E-state index contributed by atoms with van der Waals surface area (Å²) in [5.74, 6) is -2.40. The fraction of sp³-hybridized carbons (Fsp3) is 0.765. The molecular formula is C17H30N4O6S2. The van der Waals surface area contributed by atoms with E-state index in [9.17, 15) is 29.4 Å². The van der Waals surface area contributed by atoms with Crippen LogP contribution in [0, 0.1) is 0 Å². The Bertz CT molecular complexity index is 606. The molecule has 1 saturated heterocycles. The number of nitrogens with two attached hydrogens (primary N) is 1. The molecule has 1 aliphatic rings. The zero-order valence-corrected chi connectivity index (χ0v) is 18.2. The summed E-state index contributed by atoms with van der Waals surface area (Å²) in [5, 5.41) is 24.2. The first kappa shape index (κ1) is 25.5. The molecule has 12 heteroatoms. The number of thiol groups is 1. The Morgan fingerprint density at radius 1 is 1.28 bits per heavy atom. The van der Waals surface area contributed by atoms with Gasteiger partial charge in [-0.1, -0.05) is 0 Å². The van der Waals surface area contributed by atoms with Crippen molar-refractivity contribution >= 4 is 48.1 Å². The monoisotopic (exact) mass is 450 g/mol. The van der Waals surface area contributed by atoms with Crippen molar-refractivity contribution in [2.45, 2.75) is 56.5 Å². The van der Waals surface area contributed by atoms with Crippen molar-refractivity contribution in [3.63, 3.8) is 0 Å². The number of carboxylic acid groups (broad SMARTS) is 1. The summed E-state index contributed by atoms with van der Waals surface area (Å²) in [4.78, 5) is 50.0. The molecule has 10 nitrogen and oxygen atoms in total. The molecule has 1 aliphatic heterocycles. The van der Waals surface area contributed by atoms with Crippen LogP contribution < -0.4 is 16.4 Å². The lowest BCUT2D eigenvalue weighted by atomic mass is 10.1. The predicted octanol–water partition coefficient (Wildman–Crippen LogP) is -1.58. The normalized spacial score (nSPS) is 20.4. The number of hydrogen-bond donors (Lipinski definition) is 6. The lowest BCUT2D eigenvalue weighted by Crippen LogP contribution is -2.60. The number of thioether (sulfide) groups is 1. The van der Waals surface area contributed by atoms with Gasteiger partial charge in [-0.2, -0.15) is 24.4 Å². The number of aliphatic hydroxyl groups is 1. The third-order valence-electron chi connectivity index (χ3n) is 4.65. The van der Waals surface area contributed by atoms with Gasteiger partial charge in [-0.05, 0) is 38.2 Å². The molecule has 0 aromatic carbocycles.